The second-order valence-corrected chi connectivity index (χ2v) is 4.75. The lowest BCUT2D eigenvalue weighted by molar-refractivity contribution is 1.68. The molecule has 0 saturated heterocycles. The highest BCUT2D eigenvalue weighted by Gasteiger charge is 1.98. The molecule has 0 aliphatic carbocycles. The Balaban J connectivity index is 2.45. The molecule has 0 amide bonds. The topological polar surface area (TPSA) is 0 Å². The molecule has 2 atom stereocenters. The summed E-state index contributed by atoms with van der Waals surface area (Å²) in [5.41, 5.74) is 3.16. The third-order valence-corrected chi connectivity index (χ3v) is 3.24. The molecule has 0 heterocycles. The minimum Gasteiger partial charge on any atom is -0.106 e. The average molecular weight is 228 g/mol. The van der Waals surface area contributed by atoms with Crippen molar-refractivity contribution in [2.45, 2.75) is 0 Å². The maximum Gasteiger partial charge on any atom is 0.114 e. The Labute approximate surface area is 96.3 Å². The fourth-order valence-electron chi connectivity index (χ4n) is 1.43. The van der Waals surface area contributed by atoms with Gasteiger partial charge in [0.2, 0.25) is 0 Å². The van der Waals surface area contributed by atoms with Crippen LogP contribution < -0.4 is 16.1 Å². The van der Waals surface area contributed by atoms with Crippen LogP contribution in [0.5, 0.6) is 0 Å². The highest BCUT2D eigenvalue weighted by atomic mass is 31.0. The van der Waals surface area contributed by atoms with Crippen molar-refractivity contribution in [1.82, 2.24) is 0 Å². The van der Waals surface area contributed by atoms with E-state index in [1.165, 1.54) is 10.9 Å². The van der Waals surface area contributed by atoms with Gasteiger partial charge in [0.1, 0.15) is 7.85 Å². The Kier molecular flexibility index (Phi) is 3.24. The summed E-state index contributed by atoms with van der Waals surface area (Å²) in [6.45, 7) is 0. The summed E-state index contributed by atoms with van der Waals surface area (Å²) in [6.07, 6.45) is 0. The van der Waals surface area contributed by atoms with Gasteiger partial charge in [0.25, 0.3) is 0 Å². The van der Waals surface area contributed by atoms with Gasteiger partial charge in [0.15, 0.2) is 0 Å². The van der Waals surface area contributed by atoms with E-state index in [9.17, 15) is 0 Å². The minimum atomic E-state index is 0.812. The molecule has 15 heavy (non-hydrogen) atoms. The van der Waals surface area contributed by atoms with Crippen LogP contribution in [-0.4, -0.2) is 7.85 Å². The number of benzene rings is 2. The lowest BCUT2D eigenvalue weighted by Crippen LogP contribution is -2.18. The Morgan fingerprint density at radius 1 is 0.800 bits per heavy atom. The van der Waals surface area contributed by atoms with E-state index in [0.717, 1.165) is 16.3 Å². The van der Waals surface area contributed by atoms with E-state index >= 15 is 0 Å². The fraction of sp³-hybridized carbons (Fsp3) is 0. The molecule has 2 aromatic carbocycles. The first-order valence-corrected chi connectivity index (χ1v) is 5.83. The van der Waals surface area contributed by atoms with Gasteiger partial charge in [0, 0.05) is 0 Å². The Morgan fingerprint density at radius 2 is 1.40 bits per heavy atom. The van der Waals surface area contributed by atoms with Crippen LogP contribution in [0.1, 0.15) is 0 Å². The molecule has 0 aliphatic heterocycles. The summed E-state index contributed by atoms with van der Waals surface area (Å²) in [7, 11) is 11.2. The summed E-state index contributed by atoms with van der Waals surface area (Å²) in [5, 5.41) is 2.23. The Bertz CT molecular complexity index is 477. The molecule has 0 fully saturated rings. The fourth-order valence-corrected chi connectivity index (χ4v) is 1.80. The van der Waals surface area contributed by atoms with Gasteiger partial charge in [-0.15, -0.1) is 18.5 Å². The standard InChI is InChI=1S/C12H11BP2/c13-11-7-9(3-6-12(11)15)8-1-4-10(14)5-2-8/h1-7H,14-15H2. The molecule has 0 aromatic heterocycles. The van der Waals surface area contributed by atoms with E-state index in [-0.39, 0.29) is 0 Å². The monoisotopic (exact) mass is 228 g/mol. The average Bonchev–Trinajstić information content (AvgIpc) is 2.23. The van der Waals surface area contributed by atoms with Crippen LogP contribution in [-0.2, 0) is 0 Å². The first kappa shape index (κ1) is 10.9. The Morgan fingerprint density at radius 3 is 2.00 bits per heavy atom. The largest absolute Gasteiger partial charge is 0.114 e. The highest BCUT2D eigenvalue weighted by Crippen LogP contribution is 2.16. The van der Waals surface area contributed by atoms with Crippen molar-refractivity contribution in [2.75, 3.05) is 0 Å². The second-order valence-electron chi connectivity index (χ2n) is 3.47. The van der Waals surface area contributed by atoms with Crippen LogP contribution in [0.15, 0.2) is 42.5 Å². The number of hydrogen-bond acceptors (Lipinski definition) is 0. The zero-order chi connectivity index (χ0) is 10.8. The normalized spacial score (nSPS) is 10.3. The third-order valence-electron chi connectivity index (χ3n) is 2.33. The molecule has 0 spiro atoms. The molecular weight excluding hydrogens is 217 g/mol. The lowest BCUT2D eigenvalue weighted by atomic mass is 9.92. The molecule has 72 valence electrons. The third kappa shape index (κ3) is 2.48. The van der Waals surface area contributed by atoms with Gasteiger partial charge in [-0.25, -0.2) is 0 Å². The van der Waals surface area contributed by atoms with E-state index in [1.807, 2.05) is 12.1 Å². The van der Waals surface area contributed by atoms with Crippen LogP contribution in [0.25, 0.3) is 11.1 Å². The highest BCUT2D eigenvalue weighted by molar-refractivity contribution is 7.28. The molecule has 0 aliphatic rings. The molecular formula is C12H11BP2. The quantitative estimate of drug-likeness (QED) is 0.507. The van der Waals surface area contributed by atoms with E-state index in [2.05, 4.69) is 48.8 Å². The minimum absolute atomic E-state index is 0.812. The lowest BCUT2D eigenvalue weighted by Gasteiger charge is -2.05. The van der Waals surface area contributed by atoms with Gasteiger partial charge in [-0.05, 0) is 21.7 Å². The van der Waals surface area contributed by atoms with Gasteiger partial charge in [-0.1, -0.05) is 47.9 Å². The summed E-state index contributed by atoms with van der Waals surface area (Å²) in [5.74, 6) is 0. The molecule has 0 nitrogen and oxygen atoms in total. The van der Waals surface area contributed by atoms with E-state index < -0.39 is 0 Å². The van der Waals surface area contributed by atoms with Crippen LogP contribution in [0, 0.1) is 0 Å². The summed E-state index contributed by atoms with van der Waals surface area (Å²) in [6, 6.07) is 14.4. The smallest absolute Gasteiger partial charge is 0.106 e. The molecule has 3 heteroatoms. The Hall–Kier alpha value is -0.635. The maximum atomic E-state index is 5.86. The van der Waals surface area contributed by atoms with Crippen molar-refractivity contribution in [3.63, 3.8) is 0 Å². The number of rotatable bonds is 1. The van der Waals surface area contributed by atoms with Crippen molar-refractivity contribution in [2.24, 2.45) is 0 Å². The van der Waals surface area contributed by atoms with Gasteiger partial charge in [-0.2, -0.15) is 0 Å². The van der Waals surface area contributed by atoms with Crippen molar-refractivity contribution in [3.8, 4) is 11.1 Å². The van der Waals surface area contributed by atoms with Crippen molar-refractivity contribution in [3.05, 3.63) is 42.5 Å². The number of hydrogen-bond donors (Lipinski definition) is 0. The van der Waals surface area contributed by atoms with E-state index in [0.29, 0.717) is 0 Å². The molecule has 2 rings (SSSR count). The van der Waals surface area contributed by atoms with Crippen LogP contribution in [0.3, 0.4) is 0 Å². The van der Waals surface area contributed by atoms with Gasteiger partial charge >= 0.3 is 0 Å². The summed E-state index contributed by atoms with van der Waals surface area (Å²) >= 11 is 0. The van der Waals surface area contributed by atoms with Crippen LogP contribution >= 0.6 is 18.5 Å². The molecule has 2 unspecified atom stereocenters. The first-order valence-electron chi connectivity index (χ1n) is 4.68. The predicted octanol–water partition coefficient (Wildman–Crippen LogP) is 1.15. The SMILES string of the molecule is [B]c1cc(-c2ccc(P)cc2)ccc1P. The molecule has 0 N–H and O–H groups in total. The molecule has 0 bridgehead atoms. The van der Waals surface area contributed by atoms with Crippen LogP contribution in [0.4, 0.5) is 0 Å². The summed E-state index contributed by atoms with van der Waals surface area (Å²) < 4.78 is 0. The zero-order valence-corrected chi connectivity index (χ0v) is 10.6. The van der Waals surface area contributed by atoms with Crippen LogP contribution in [0.2, 0.25) is 0 Å². The predicted molar refractivity (Wildman–Crippen MR) is 76.0 cm³/mol. The maximum absolute atomic E-state index is 5.86. The second kappa shape index (κ2) is 4.48. The van der Waals surface area contributed by atoms with Gasteiger partial charge in [0.05, 0.1) is 0 Å². The van der Waals surface area contributed by atoms with Crippen molar-refractivity contribution in [1.29, 1.82) is 0 Å². The first-order chi connectivity index (χ1) is 7.16. The zero-order valence-electron chi connectivity index (χ0n) is 8.27. The van der Waals surface area contributed by atoms with Crippen molar-refractivity contribution >= 4 is 42.4 Å². The van der Waals surface area contributed by atoms with Gasteiger partial charge in [-0.3, -0.25) is 0 Å². The van der Waals surface area contributed by atoms with E-state index in [4.69, 9.17) is 7.85 Å². The molecule has 0 saturated carbocycles. The van der Waals surface area contributed by atoms with Crippen molar-refractivity contribution < 1.29 is 0 Å². The van der Waals surface area contributed by atoms with Gasteiger partial charge < -0.3 is 0 Å². The van der Waals surface area contributed by atoms with E-state index in [1.54, 1.807) is 0 Å². The molecule has 2 aromatic rings. The molecule has 2 radical (unpaired) electrons. The summed E-state index contributed by atoms with van der Waals surface area (Å²) in [4.78, 5) is 0.